The number of carbonyl (C=O) groups excluding carboxylic acids is 1. The summed E-state index contributed by atoms with van der Waals surface area (Å²) < 4.78 is 37.3. The number of nitrogens with zero attached hydrogens (tertiary/aromatic N) is 2. The zero-order chi connectivity index (χ0) is 17.3. The van der Waals surface area contributed by atoms with Crippen LogP contribution in [0, 0.1) is 13.8 Å². The lowest BCUT2D eigenvalue weighted by Crippen LogP contribution is -2.35. The number of hydrogen-bond donors (Lipinski definition) is 1. The van der Waals surface area contributed by atoms with Crippen molar-refractivity contribution in [2.75, 3.05) is 18.0 Å². The molecule has 128 valence electrons. The van der Waals surface area contributed by atoms with Crippen LogP contribution in [-0.2, 0) is 14.8 Å². The number of amides is 1. The Morgan fingerprint density at radius 2 is 2.00 bits per heavy atom. The molecule has 1 atom stereocenters. The van der Waals surface area contributed by atoms with Crippen LogP contribution in [0.2, 0.25) is 0 Å². The zero-order valence-electron chi connectivity index (χ0n) is 13.2. The van der Waals surface area contributed by atoms with Crippen LogP contribution < -0.4 is 9.62 Å². The number of carbonyl (C=O) groups is 1. The fourth-order valence-electron chi connectivity index (χ4n) is 2.58. The molecule has 1 unspecified atom stereocenters. The third kappa shape index (κ3) is 3.13. The number of cyclic esters (lactones) is 1. The van der Waals surface area contributed by atoms with Crippen LogP contribution in [0.3, 0.4) is 0 Å². The minimum atomic E-state index is -3.78. The van der Waals surface area contributed by atoms with Crippen molar-refractivity contribution in [3.63, 3.8) is 0 Å². The van der Waals surface area contributed by atoms with E-state index in [1.165, 1.54) is 11.8 Å². The first-order valence-corrected chi connectivity index (χ1v) is 8.82. The summed E-state index contributed by atoms with van der Waals surface area (Å²) in [4.78, 5) is 13.4. The molecule has 3 rings (SSSR count). The SMILES string of the molecule is Cc1noc(C)c1S(=O)(=O)NCC1CN(c2ccccc2)C(=O)O1. The minimum Gasteiger partial charge on any atom is -0.443 e. The molecule has 2 aromatic rings. The van der Waals surface area contributed by atoms with Gasteiger partial charge in [-0.15, -0.1) is 0 Å². The van der Waals surface area contributed by atoms with E-state index in [1.807, 2.05) is 18.2 Å². The second-order valence-electron chi connectivity index (χ2n) is 5.46. The quantitative estimate of drug-likeness (QED) is 0.878. The fourth-order valence-corrected chi connectivity index (χ4v) is 3.97. The molecule has 1 aromatic carbocycles. The van der Waals surface area contributed by atoms with E-state index in [4.69, 9.17) is 9.26 Å². The summed E-state index contributed by atoms with van der Waals surface area (Å²) in [7, 11) is -3.78. The molecule has 9 heteroatoms. The molecule has 0 radical (unpaired) electrons. The van der Waals surface area contributed by atoms with E-state index in [0.29, 0.717) is 5.69 Å². The molecule has 1 amide bonds. The molecule has 0 bridgehead atoms. The highest BCUT2D eigenvalue weighted by atomic mass is 32.2. The summed E-state index contributed by atoms with van der Waals surface area (Å²) in [5.74, 6) is 0.217. The average Bonchev–Trinajstić information content (AvgIpc) is 3.09. The standard InChI is InChI=1S/C15H17N3O5S/c1-10-14(11(2)23-17-10)24(20,21)16-8-13-9-18(15(19)22-13)12-6-4-3-5-7-12/h3-7,13,16H,8-9H2,1-2H3. The summed E-state index contributed by atoms with van der Waals surface area (Å²) in [6, 6.07) is 9.06. The van der Waals surface area contributed by atoms with Crippen LogP contribution in [0.4, 0.5) is 10.5 Å². The summed E-state index contributed by atoms with van der Waals surface area (Å²) in [5, 5.41) is 3.64. The largest absolute Gasteiger partial charge is 0.443 e. The van der Waals surface area contributed by atoms with Gasteiger partial charge in [0.15, 0.2) is 5.76 Å². The fraction of sp³-hybridized carbons (Fsp3) is 0.333. The minimum absolute atomic E-state index is 0.0201. The predicted octanol–water partition coefficient (Wildman–Crippen LogP) is 1.60. The molecule has 0 spiro atoms. The number of anilines is 1. The summed E-state index contributed by atoms with van der Waals surface area (Å²) >= 11 is 0. The molecule has 1 aliphatic heterocycles. The van der Waals surface area contributed by atoms with E-state index in [0.717, 1.165) is 0 Å². The summed E-state index contributed by atoms with van der Waals surface area (Å²) in [6.45, 7) is 3.33. The second-order valence-corrected chi connectivity index (χ2v) is 7.16. The van der Waals surface area contributed by atoms with E-state index in [2.05, 4.69) is 9.88 Å². The van der Waals surface area contributed by atoms with Crippen molar-refractivity contribution in [1.29, 1.82) is 0 Å². The van der Waals surface area contributed by atoms with Gasteiger partial charge in [0.1, 0.15) is 16.7 Å². The number of aryl methyl sites for hydroxylation is 2. The molecular formula is C15H17N3O5S. The van der Waals surface area contributed by atoms with Gasteiger partial charge in [-0.25, -0.2) is 17.9 Å². The topological polar surface area (TPSA) is 102 Å². The second kappa shape index (κ2) is 6.25. The van der Waals surface area contributed by atoms with Gasteiger partial charge in [0, 0.05) is 12.2 Å². The van der Waals surface area contributed by atoms with E-state index in [-0.39, 0.29) is 29.4 Å². The Bertz CT molecular complexity index is 828. The molecule has 1 saturated heterocycles. The number of nitrogens with one attached hydrogen (secondary N) is 1. The van der Waals surface area contributed by atoms with E-state index in [1.54, 1.807) is 19.1 Å². The molecule has 0 aliphatic carbocycles. The molecular weight excluding hydrogens is 334 g/mol. The van der Waals surface area contributed by atoms with Gasteiger partial charge in [0.2, 0.25) is 10.0 Å². The lowest BCUT2D eigenvalue weighted by atomic mass is 10.3. The van der Waals surface area contributed by atoms with Crippen LogP contribution in [0.25, 0.3) is 0 Å². The molecule has 1 aromatic heterocycles. The van der Waals surface area contributed by atoms with Crippen LogP contribution >= 0.6 is 0 Å². The monoisotopic (exact) mass is 351 g/mol. The summed E-state index contributed by atoms with van der Waals surface area (Å²) in [5.41, 5.74) is 0.993. The van der Waals surface area contributed by atoms with Gasteiger partial charge in [-0.05, 0) is 26.0 Å². The van der Waals surface area contributed by atoms with Gasteiger partial charge in [0.05, 0.1) is 6.54 Å². The van der Waals surface area contributed by atoms with E-state index < -0.39 is 22.2 Å². The Morgan fingerprint density at radius 3 is 2.62 bits per heavy atom. The van der Waals surface area contributed by atoms with Crippen LogP contribution in [0.5, 0.6) is 0 Å². The lowest BCUT2D eigenvalue weighted by molar-refractivity contribution is 0.143. The number of sulfonamides is 1. The molecule has 1 N–H and O–H groups in total. The first-order chi connectivity index (χ1) is 11.4. The maximum Gasteiger partial charge on any atom is 0.414 e. The number of ether oxygens (including phenoxy) is 1. The highest BCUT2D eigenvalue weighted by molar-refractivity contribution is 7.89. The lowest BCUT2D eigenvalue weighted by Gasteiger charge is -2.12. The Kier molecular flexibility index (Phi) is 4.29. The van der Waals surface area contributed by atoms with Crippen molar-refractivity contribution in [3.05, 3.63) is 41.8 Å². The van der Waals surface area contributed by atoms with Gasteiger partial charge in [-0.2, -0.15) is 0 Å². The van der Waals surface area contributed by atoms with Crippen molar-refractivity contribution >= 4 is 21.8 Å². The Labute approximate surface area is 139 Å². The number of aromatic nitrogens is 1. The average molecular weight is 351 g/mol. The van der Waals surface area contributed by atoms with Gasteiger partial charge < -0.3 is 9.26 Å². The molecule has 0 saturated carbocycles. The van der Waals surface area contributed by atoms with Crippen molar-refractivity contribution in [2.24, 2.45) is 0 Å². The van der Waals surface area contributed by atoms with Crippen molar-refractivity contribution in [2.45, 2.75) is 24.8 Å². The smallest absolute Gasteiger partial charge is 0.414 e. The number of hydrogen-bond acceptors (Lipinski definition) is 6. The number of rotatable bonds is 5. The highest BCUT2D eigenvalue weighted by Gasteiger charge is 2.34. The molecule has 1 aliphatic rings. The Hall–Kier alpha value is -2.39. The van der Waals surface area contributed by atoms with Crippen LogP contribution in [-0.4, -0.2) is 38.9 Å². The molecule has 2 heterocycles. The molecule has 1 fully saturated rings. The Balaban J connectivity index is 1.67. The first kappa shape index (κ1) is 16.5. The molecule has 8 nitrogen and oxygen atoms in total. The summed E-state index contributed by atoms with van der Waals surface area (Å²) in [6.07, 6.45) is -1.07. The third-order valence-corrected chi connectivity index (χ3v) is 5.35. The van der Waals surface area contributed by atoms with Crippen LogP contribution in [0.15, 0.2) is 39.8 Å². The van der Waals surface area contributed by atoms with Crippen molar-refractivity contribution < 1.29 is 22.5 Å². The number of benzene rings is 1. The predicted molar refractivity (Wildman–Crippen MR) is 85.2 cm³/mol. The van der Waals surface area contributed by atoms with Gasteiger partial charge in [-0.1, -0.05) is 23.4 Å². The van der Waals surface area contributed by atoms with E-state index in [9.17, 15) is 13.2 Å². The maximum absolute atomic E-state index is 12.4. The van der Waals surface area contributed by atoms with Crippen LogP contribution in [0.1, 0.15) is 11.5 Å². The van der Waals surface area contributed by atoms with Crippen molar-refractivity contribution in [3.8, 4) is 0 Å². The Morgan fingerprint density at radius 1 is 1.29 bits per heavy atom. The highest BCUT2D eigenvalue weighted by Crippen LogP contribution is 2.22. The normalized spacial score (nSPS) is 18.0. The van der Waals surface area contributed by atoms with Crippen molar-refractivity contribution in [1.82, 2.24) is 9.88 Å². The van der Waals surface area contributed by atoms with Gasteiger partial charge in [-0.3, -0.25) is 4.90 Å². The maximum atomic E-state index is 12.4. The molecule has 24 heavy (non-hydrogen) atoms. The number of para-hydroxylation sites is 1. The van der Waals surface area contributed by atoms with E-state index >= 15 is 0 Å². The van der Waals surface area contributed by atoms with Gasteiger partial charge in [0.25, 0.3) is 0 Å². The zero-order valence-corrected chi connectivity index (χ0v) is 14.0. The first-order valence-electron chi connectivity index (χ1n) is 7.34. The third-order valence-electron chi connectivity index (χ3n) is 3.68. The van der Waals surface area contributed by atoms with Gasteiger partial charge >= 0.3 is 6.09 Å².